The van der Waals surface area contributed by atoms with Crippen LogP contribution in [0.5, 0.6) is 23.0 Å². The number of rotatable bonds is 9. The average molecular weight is 438 g/mol. The summed E-state index contributed by atoms with van der Waals surface area (Å²) in [6.07, 6.45) is -0.600. The highest BCUT2D eigenvalue weighted by molar-refractivity contribution is 5.51. The Morgan fingerprint density at radius 3 is 2.00 bits per heavy atom. The normalized spacial score (nSPS) is 15.1. The zero-order chi connectivity index (χ0) is 20.6. The van der Waals surface area contributed by atoms with Gasteiger partial charge in [0.1, 0.15) is 18.5 Å². The first-order valence-electron chi connectivity index (χ1n) is 9.77. The van der Waals surface area contributed by atoms with Crippen LogP contribution in [-0.4, -0.2) is 76.8 Å². The van der Waals surface area contributed by atoms with Crippen molar-refractivity contribution in [3.05, 3.63) is 42.5 Å². The second kappa shape index (κ2) is 11.7. The second-order valence-electron chi connectivity index (χ2n) is 6.94. The largest absolute Gasteiger partial charge is 1.00 e. The number of para-hydroxylation sites is 1. The predicted octanol–water partition coefficient (Wildman–Crippen LogP) is -0.722. The van der Waals surface area contributed by atoms with Crippen molar-refractivity contribution in [1.29, 1.82) is 0 Å². The fourth-order valence-electron chi connectivity index (χ4n) is 3.47. The van der Waals surface area contributed by atoms with Crippen LogP contribution in [0.3, 0.4) is 0 Å². The Morgan fingerprint density at radius 1 is 0.867 bits per heavy atom. The summed E-state index contributed by atoms with van der Waals surface area (Å²) in [7, 11) is 4.84. The number of benzene rings is 2. The minimum atomic E-state index is -0.600. The second-order valence-corrected chi connectivity index (χ2v) is 6.94. The highest BCUT2D eigenvalue weighted by Crippen LogP contribution is 2.36. The van der Waals surface area contributed by atoms with Gasteiger partial charge in [-0.1, -0.05) is 6.07 Å². The van der Waals surface area contributed by atoms with Gasteiger partial charge in [0, 0.05) is 38.4 Å². The van der Waals surface area contributed by atoms with Crippen molar-refractivity contribution in [2.75, 3.05) is 65.6 Å². The van der Waals surface area contributed by atoms with Gasteiger partial charge >= 0.3 is 0 Å². The fraction of sp³-hybridized carbons (Fsp3) is 0.455. The highest BCUT2D eigenvalue weighted by Gasteiger charge is 2.21. The van der Waals surface area contributed by atoms with E-state index in [4.69, 9.17) is 18.9 Å². The van der Waals surface area contributed by atoms with E-state index in [0.717, 1.165) is 31.9 Å². The lowest BCUT2D eigenvalue weighted by molar-refractivity contribution is -0.00000928. The molecule has 0 aliphatic carbocycles. The molecule has 0 amide bonds. The lowest BCUT2D eigenvalue weighted by atomic mass is 10.2. The molecule has 3 rings (SSSR count). The molecule has 1 N–H and O–H groups in total. The summed E-state index contributed by atoms with van der Waals surface area (Å²) in [5, 5.41) is 10.5. The van der Waals surface area contributed by atoms with Crippen LogP contribution in [0, 0.1) is 0 Å². The van der Waals surface area contributed by atoms with Crippen LogP contribution in [0.2, 0.25) is 0 Å². The van der Waals surface area contributed by atoms with Gasteiger partial charge in [0.25, 0.3) is 0 Å². The standard InChI is InChI=1S/C22H30N2O5.ClH/c1-26-19-9-7-17(8-10-19)24-13-11-23(12-14-24)15-18(25)16-29-22-20(27-2)5-4-6-21(22)28-3;/h4-10,18,25H,11-16H2,1-3H3;1H/p-1. The number of aliphatic hydroxyl groups is 1. The van der Waals surface area contributed by atoms with Crippen molar-refractivity contribution in [2.45, 2.75) is 6.10 Å². The van der Waals surface area contributed by atoms with Gasteiger partial charge in [-0.05, 0) is 36.4 Å². The Balaban J connectivity index is 0.00000320. The summed E-state index contributed by atoms with van der Waals surface area (Å²) in [5.74, 6) is 2.55. The maximum Gasteiger partial charge on any atom is 0.203 e. The summed E-state index contributed by atoms with van der Waals surface area (Å²) < 4.78 is 21.7. The van der Waals surface area contributed by atoms with Gasteiger partial charge in [-0.25, -0.2) is 0 Å². The molecule has 0 spiro atoms. The van der Waals surface area contributed by atoms with Crippen LogP contribution < -0.4 is 36.3 Å². The zero-order valence-corrected chi connectivity index (χ0v) is 18.5. The molecule has 166 valence electrons. The van der Waals surface area contributed by atoms with Gasteiger partial charge in [-0.3, -0.25) is 4.90 Å². The molecule has 1 fully saturated rings. The predicted molar refractivity (Wildman–Crippen MR) is 113 cm³/mol. The first-order valence-corrected chi connectivity index (χ1v) is 9.77. The number of halogens is 1. The Bertz CT molecular complexity index is 744. The number of aliphatic hydroxyl groups excluding tert-OH is 1. The molecule has 1 atom stereocenters. The van der Waals surface area contributed by atoms with Gasteiger partial charge in [-0.15, -0.1) is 0 Å². The molecule has 1 unspecified atom stereocenters. The summed E-state index contributed by atoms with van der Waals surface area (Å²) in [5.41, 5.74) is 1.19. The highest BCUT2D eigenvalue weighted by atomic mass is 35.5. The average Bonchev–Trinajstić information content (AvgIpc) is 2.78. The van der Waals surface area contributed by atoms with Crippen LogP contribution in [0.1, 0.15) is 0 Å². The number of ether oxygens (including phenoxy) is 4. The van der Waals surface area contributed by atoms with E-state index in [2.05, 4.69) is 21.9 Å². The van der Waals surface area contributed by atoms with E-state index >= 15 is 0 Å². The molecular formula is C22H30ClN2O5-. The Labute approximate surface area is 184 Å². The number of piperazine rings is 1. The molecule has 1 aliphatic heterocycles. The van der Waals surface area contributed by atoms with E-state index in [-0.39, 0.29) is 19.0 Å². The third kappa shape index (κ3) is 6.08. The number of nitrogens with zero attached hydrogens (tertiary/aromatic N) is 2. The molecule has 0 bridgehead atoms. The van der Waals surface area contributed by atoms with E-state index in [1.54, 1.807) is 21.3 Å². The molecular weight excluding hydrogens is 408 g/mol. The minimum absolute atomic E-state index is 0. The third-order valence-electron chi connectivity index (χ3n) is 5.08. The first kappa shape index (κ1) is 23.9. The molecule has 1 heterocycles. The van der Waals surface area contributed by atoms with Crippen LogP contribution >= 0.6 is 0 Å². The van der Waals surface area contributed by atoms with Gasteiger partial charge in [-0.2, -0.15) is 0 Å². The Kier molecular flexibility index (Phi) is 9.36. The van der Waals surface area contributed by atoms with E-state index in [1.165, 1.54) is 5.69 Å². The van der Waals surface area contributed by atoms with Gasteiger partial charge < -0.3 is 41.4 Å². The summed E-state index contributed by atoms with van der Waals surface area (Å²) in [6, 6.07) is 13.6. The van der Waals surface area contributed by atoms with Crippen molar-refractivity contribution < 1.29 is 36.5 Å². The van der Waals surface area contributed by atoms with Crippen molar-refractivity contribution in [3.63, 3.8) is 0 Å². The van der Waals surface area contributed by atoms with E-state index in [1.807, 2.05) is 30.3 Å². The molecule has 0 aromatic heterocycles. The Hall–Kier alpha value is -2.35. The van der Waals surface area contributed by atoms with E-state index in [9.17, 15) is 5.11 Å². The molecule has 2 aromatic carbocycles. The Morgan fingerprint density at radius 2 is 1.47 bits per heavy atom. The van der Waals surface area contributed by atoms with Gasteiger partial charge in [0.05, 0.1) is 21.3 Å². The number of methoxy groups -OCH3 is 3. The van der Waals surface area contributed by atoms with Crippen LogP contribution in [-0.2, 0) is 0 Å². The molecule has 7 nitrogen and oxygen atoms in total. The summed E-state index contributed by atoms with van der Waals surface area (Å²) in [4.78, 5) is 4.60. The number of hydrogen-bond donors (Lipinski definition) is 1. The maximum absolute atomic E-state index is 10.5. The monoisotopic (exact) mass is 437 g/mol. The smallest absolute Gasteiger partial charge is 0.203 e. The number of hydrogen-bond acceptors (Lipinski definition) is 7. The summed E-state index contributed by atoms with van der Waals surface area (Å²) >= 11 is 0. The van der Waals surface area contributed by atoms with Crippen LogP contribution in [0.4, 0.5) is 5.69 Å². The molecule has 0 radical (unpaired) electrons. The van der Waals surface area contributed by atoms with Crippen molar-refractivity contribution in [1.82, 2.24) is 4.90 Å². The van der Waals surface area contributed by atoms with Gasteiger partial charge in [0.2, 0.25) is 5.75 Å². The topological polar surface area (TPSA) is 63.6 Å². The van der Waals surface area contributed by atoms with Crippen molar-refractivity contribution in [3.8, 4) is 23.0 Å². The fourth-order valence-corrected chi connectivity index (χ4v) is 3.47. The zero-order valence-electron chi connectivity index (χ0n) is 17.7. The van der Waals surface area contributed by atoms with Crippen LogP contribution in [0.25, 0.3) is 0 Å². The van der Waals surface area contributed by atoms with Crippen LogP contribution in [0.15, 0.2) is 42.5 Å². The SMILES string of the molecule is COc1ccc(N2CCN(CC(O)COc3c(OC)cccc3OC)CC2)cc1.[Cl-]. The molecule has 8 heteroatoms. The molecule has 1 aliphatic rings. The lowest BCUT2D eigenvalue weighted by Gasteiger charge is -2.36. The number of anilines is 1. The minimum Gasteiger partial charge on any atom is -1.00 e. The lowest BCUT2D eigenvalue weighted by Crippen LogP contribution is -3.00. The first-order chi connectivity index (χ1) is 14.1. The third-order valence-corrected chi connectivity index (χ3v) is 5.08. The summed E-state index contributed by atoms with van der Waals surface area (Å²) in [6.45, 7) is 4.35. The van der Waals surface area contributed by atoms with Gasteiger partial charge in [0.15, 0.2) is 11.5 Å². The van der Waals surface area contributed by atoms with E-state index < -0.39 is 6.10 Å². The van der Waals surface area contributed by atoms with Crippen molar-refractivity contribution >= 4 is 5.69 Å². The molecule has 30 heavy (non-hydrogen) atoms. The van der Waals surface area contributed by atoms with Crippen molar-refractivity contribution in [2.24, 2.45) is 0 Å². The number of β-amino-alcohol motifs (C(OH)–C–C–N with tert-alkyl or cyclic N) is 1. The maximum atomic E-state index is 10.5. The molecule has 1 saturated heterocycles. The molecule has 2 aromatic rings. The van der Waals surface area contributed by atoms with E-state index in [0.29, 0.717) is 23.8 Å². The molecule has 0 saturated carbocycles. The quantitative estimate of drug-likeness (QED) is 0.555.